The van der Waals surface area contributed by atoms with Crippen LogP contribution in [0.15, 0.2) is 41.3 Å². The van der Waals surface area contributed by atoms with Gasteiger partial charge in [-0.05, 0) is 42.4 Å². The summed E-state index contributed by atoms with van der Waals surface area (Å²) in [6.45, 7) is 0.597. The topological polar surface area (TPSA) is 91.6 Å². The lowest BCUT2D eigenvalue weighted by Gasteiger charge is -2.30. The summed E-state index contributed by atoms with van der Waals surface area (Å²) in [4.78, 5) is 40.1. The molecule has 4 rings (SSSR count). The normalized spacial score (nSPS) is 16.2. The number of aliphatic hydroxyl groups is 1. The Morgan fingerprint density at radius 1 is 1.13 bits per heavy atom. The molecule has 0 atom stereocenters. The summed E-state index contributed by atoms with van der Waals surface area (Å²) in [6, 6.07) is 10.0. The van der Waals surface area contributed by atoms with Gasteiger partial charge in [-0.2, -0.15) is 0 Å². The van der Waals surface area contributed by atoms with E-state index in [0.29, 0.717) is 32.5 Å². The second-order valence-corrected chi connectivity index (χ2v) is 8.42. The standard InChI is InChI=1S/C24H29N3O4/c28-16-21(29)26-13-11-20-18(14-26)15-27(12-10-17-6-2-1-3-7-17)24(31)22(20)23(30)25-19-8-4-5-9-19/h1-3,6-7,15,19,28H,4-5,8-14,16H2,(H,25,30). The van der Waals surface area contributed by atoms with Crippen molar-refractivity contribution in [1.82, 2.24) is 14.8 Å². The van der Waals surface area contributed by atoms with Gasteiger partial charge >= 0.3 is 0 Å². The minimum absolute atomic E-state index is 0.122. The summed E-state index contributed by atoms with van der Waals surface area (Å²) in [5, 5.41) is 12.3. The van der Waals surface area contributed by atoms with Crippen LogP contribution < -0.4 is 10.9 Å². The Morgan fingerprint density at radius 3 is 2.58 bits per heavy atom. The molecule has 2 N–H and O–H groups in total. The predicted molar refractivity (Wildman–Crippen MR) is 117 cm³/mol. The van der Waals surface area contributed by atoms with Crippen LogP contribution in [0.2, 0.25) is 0 Å². The van der Waals surface area contributed by atoms with Gasteiger partial charge in [-0.15, -0.1) is 0 Å². The lowest BCUT2D eigenvalue weighted by Crippen LogP contribution is -2.43. The Morgan fingerprint density at radius 2 is 1.87 bits per heavy atom. The van der Waals surface area contributed by atoms with E-state index >= 15 is 0 Å². The number of carbonyl (C=O) groups excluding carboxylic acids is 2. The van der Waals surface area contributed by atoms with E-state index in [4.69, 9.17) is 0 Å². The molecule has 2 amide bonds. The van der Waals surface area contributed by atoms with E-state index < -0.39 is 6.61 Å². The first-order valence-electron chi connectivity index (χ1n) is 11.1. The van der Waals surface area contributed by atoms with Crippen LogP contribution in [0.1, 0.15) is 52.7 Å². The van der Waals surface area contributed by atoms with Crippen molar-refractivity contribution in [3.8, 4) is 0 Å². The molecule has 0 spiro atoms. The smallest absolute Gasteiger partial charge is 0.263 e. The molecule has 1 aliphatic carbocycles. The second-order valence-electron chi connectivity index (χ2n) is 8.42. The number of nitrogens with one attached hydrogen (secondary N) is 1. The number of rotatable bonds is 6. The lowest BCUT2D eigenvalue weighted by molar-refractivity contribution is -0.135. The zero-order valence-corrected chi connectivity index (χ0v) is 17.7. The summed E-state index contributed by atoms with van der Waals surface area (Å²) in [7, 11) is 0. The van der Waals surface area contributed by atoms with E-state index in [1.54, 1.807) is 15.7 Å². The number of amides is 2. The van der Waals surface area contributed by atoms with Crippen molar-refractivity contribution >= 4 is 11.8 Å². The fourth-order valence-corrected chi connectivity index (χ4v) is 4.65. The monoisotopic (exact) mass is 423 g/mol. The molecule has 1 fully saturated rings. The van der Waals surface area contributed by atoms with Gasteiger partial charge in [-0.1, -0.05) is 43.2 Å². The molecule has 7 nitrogen and oxygen atoms in total. The number of hydrogen-bond donors (Lipinski definition) is 2. The van der Waals surface area contributed by atoms with Crippen molar-refractivity contribution in [1.29, 1.82) is 0 Å². The Labute approximate surface area is 181 Å². The maximum atomic E-state index is 13.3. The highest BCUT2D eigenvalue weighted by atomic mass is 16.3. The van der Waals surface area contributed by atoms with Crippen LogP contribution >= 0.6 is 0 Å². The lowest BCUT2D eigenvalue weighted by atomic mass is 9.95. The van der Waals surface area contributed by atoms with Gasteiger partial charge in [0.15, 0.2) is 0 Å². The average molecular weight is 424 g/mol. The summed E-state index contributed by atoms with van der Waals surface area (Å²) in [6.07, 6.45) is 6.97. The molecule has 1 aromatic carbocycles. The third kappa shape index (κ3) is 4.71. The maximum absolute atomic E-state index is 13.3. The fraction of sp³-hybridized carbons (Fsp3) is 0.458. The van der Waals surface area contributed by atoms with Crippen molar-refractivity contribution in [3.63, 3.8) is 0 Å². The molecule has 31 heavy (non-hydrogen) atoms. The summed E-state index contributed by atoms with van der Waals surface area (Å²) in [5.74, 6) is -0.645. The van der Waals surface area contributed by atoms with Gasteiger partial charge in [0.25, 0.3) is 11.5 Å². The molecule has 2 aromatic rings. The molecule has 7 heteroatoms. The average Bonchev–Trinajstić information content (AvgIpc) is 3.30. The van der Waals surface area contributed by atoms with Gasteiger partial charge in [0.1, 0.15) is 12.2 Å². The first-order chi connectivity index (χ1) is 15.1. The van der Waals surface area contributed by atoms with E-state index in [-0.39, 0.29) is 29.0 Å². The van der Waals surface area contributed by atoms with Crippen molar-refractivity contribution in [3.05, 3.63) is 69.1 Å². The summed E-state index contributed by atoms with van der Waals surface area (Å²) in [5.41, 5.74) is 2.59. The SMILES string of the molecule is O=C(NC1CCCC1)c1c2c(cn(CCc3ccccc3)c1=O)CN(C(=O)CO)CC2. The number of aryl methyl sites for hydroxylation is 2. The number of fused-ring (bicyclic) bond motifs is 1. The minimum atomic E-state index is -0.544. The molecule has 2 heterocycles. The third-order valence-electron chi connectivity index (χ3n) is 6.36. The van der Waals surface area contributed by atoms with E-state index in [2.05, 4.69) is 5.32 Å². The Balaban J connectivity index is 1.67. The number of nitrogens with zero attached hydrogens (tertiary/aromatic N) is 2. The molecule has 0 bridgehead atoms. The van der Waals surface area contributed by atoms with Crippen LogP contribution in [-0.4, -0.2) is 45.6 Å². The number of aromatic nitrogens is 1. The van der Waals surface area contributed by atoms with Gasteiger partial charge in [0.05, 0.1) is 0 Å². The van der Waals surface area contributed by atoms with Crippen LogP contribution in [0, 0.1) is 0 Å². The first kappa shape index (κ1) is 21.3. The van der Waals surface area contributed by atoms with E-state index in [1.807, 2.05) is 30.3 Å². The Bertz CT molecular complexity index is 1010. The van der Waals surface area contributed by atoms with Crippen molar-refractivity contribution in [2.24, 2.45) is 0 Å². The van der Waals surface area contributed by atoms with Crippen molar-refractivity contribution in [2.45, 2.75) is 57.7 Å². The number of aliphatic hydroxyl groups excluding tert-OH is 1. The number of carbonyl (C=O) groups is 2. The van der Waals surface area contributed by atoms with Crippen molar-refractivity contribution in [2.75, 3.05) is 13.2 Å². The largest absolute Gasteiger partial charge is 0.387 e. The van der Waals surface area contributed by atoms with Gasteiger partial charge in [0, 0.05) is 31.9 Å². The van der Waals surface area contributed by atoms with E-state index in [1.165, 1.54) is 0 Å². The van der Waals surface area contributed by atoms with Crippen LogP contribution in [0.3, 0.4) is 0 Å². The highest BCUT2D eigenvalue weighted by molar-refractivity contribution is 5.96. The number of hydrogen-bond acceptors (Lipinski definition) is 4. The van der Waals surface area contributed by atoms with Crippen LogP contribution in [-0.2, 0) is 30.7 Å². The fourth-order valence-electron chi connectivity index (χ4n) is 4.65. The highest BCUT2D eigenvalue weighted by Crippen LogP contribution is 2.23. The molecule has 1 saturated carbocycles. The highest BCUT2D eigenvalue weighted by Gasteiger charge is 2.29. The van der Waals surface area contributed by atoms with Gasteiger partial charge < -0.3 is 19.9 Å². The number of benzene rings is 1. The molecular formula is C24H29N3O4. The maximum Gasteiger partial charge on any atom is 0.263 e. The molecule has 1 aromatic heterocycles. The van der Waals surface area contributed by atoms with Crippen LogP contribution in [0.4, 0.5) is 0 Å². The first-order valence-corrected chi connectivity index (χ1v) is 11.1. The zero-order chi connectivity index (χ0) is 21.8. The Hall–Kier alpha value is -2.93. The molecule has 0 radical (unpaired) electrons. The molecule has 0 unspecified atom stereocenters. The second kappa shape index (κ2) is 9.47. The van der Waals surface area contributed by atoms with Gasteiger partial charge in [-0.25, -0.2) is 0 Å². The molecular weight excluding hydrogens is 394 g/mol. The quantitative estimate of drug-likeness (QED) is 0.739. The number of pyridine rings is 1. The zero-order valence-electron chi connectivity index (χ0n) is 17.7. The molecule has 2 aliphatic rings. The molecule has 1 aliphatic heterocycles. The van der Waals surface area contributed by atoms with Crippen LogP contribution in [0.25, 0.3) is 0 Å². The molecule has 164 valence electrons. The summed E-state index contributed by atoms with van der Waals surface area (Å²) >= 11 is 0. The minimum Gasteiger partial charge on any atom is -0.387 e. The summed E-state index contributed by atoms with van der Waals surface area (Å²) < 4.78 is 1.60. The predicted octanol–water partition coefficient (Wildman–Crippen LogP) is 1.64. The van der Waals surface area contributed by atoms with Gasteiger partial charge in [-0.3, -0.25) is 14.4 Å². The van der Waals surface area contributed by atoms with Gasteiger partial charge in [0.2, 0.25) is 5.91 Å². The molecule has 0 saturated heterocycles. The van der Waals surface area contributed by atoms with E-state index in [0.717, 1.165) is 42.4 Å². The Kier molecular flexibility index (Phi) is 6.51. The van der Waals surface area contributed by atoms with Crippen molar-refractivity contribution < 1.29 is 14.7 Å². The third-order valence-corrected chi connectivity index (χ3v) is 6.36. The van der Waals surface area contributed by atoms with E-state index in [9.17, 15) is 19.5 Å². The van der Waals surface area contributed by atoms with Crippen LogP contribution in [0.5, 0.6) is 0 Å².